The minimum absolute atomic E-state index is 0.118. The van der Waals surface area contributed by atoms with Crippen molar-refractivity contribution < 1.29 is 9.18 Å². The molecule has 0 fully saturated rings. The lowest BCUT2D eigenvalue weighted by Gasteiger charge is -2.34. The van der Waals surface area contributed by atoms with Crippen LogP contribution >= 0.6 is 0 Å². The molecule has 4 rings (SSSR count). The number of urea groups is 1. The third-order valence-electron chi connectivity index (χ3n) is 6.59. The van der Waals surface area contributed by atoms with Crippen LogP contribution in [-0.2, 0) is 6.42 Å². The largest absolute Gasteiger partial charge is 0.371 e. The molecule has 4 heterocycles. The lowest BCUT2D eigenvalue weighted by atomic mass is 9.94. The molecule has 0 spiro atoms. The number of carbonyl (C=O) groups is 1. The van der Waals surface area contributed by atoms with E-state index in [0.717, 1.165) is 49.3 Å². The minimum atomic E-state index is -0.515. The van der Waals surface area contributed by atoms with Crippen LogP contribution in [0.2, 0.25) is 0 Å². The molecule has 35 heavy (non-hydrogen) atoms. The molecular weight excluding hydrogens is 443 g/mol. The number of pyridine rings is 2. The molecular formula is C27H37FN6O. The zero-order valence-corrected chi connectivity index (χ0v) is 21.7. The van der Waals surface area contributed by atoms with Gasteiger partial charge in [0, 0.05) is 55.5 Å². The number of rotatable bonds is 7. The molecule has 3 aromatic heterocycles. The quantitative estimate of drug-likeness (QED) is 0.446. The fourth-order valence-electron chi connectivity index (χ4n) is 4.62. The third kappa shape index (κ3) is 5.57. The van der Waals surface area contributed by atoms with E-state index in [1.807, 2.05) is 6.92 Å². The molecule has 1 N–H and O–H groups in total. The molecule has 0 aliphatic carbocycles. The smallest absolute Gasteiger partial charge is 0.327 e. The lowest BCUT2D eigenvalue weighted by Crippen LogP contribution is -2.35. The molecule has 1 aliphatic heterocycles. The zero-order chi connectivity index (χ0) is 25.3. The summed E-state index contributed by atoms with van der Waals surface area (Å²) >= 11 is 0. The van der Waals surface area contributed by atoms with Gasteiger partial charge in [-0.25, -0.2) is 19.2 Å². The number of aryl methyl sites for hydroxylation is 1. The number of halogens is 1. The van der Waals surface area contributed by atoms with Crippen LogP contribution in [-0.4, -0.2) is 40.0 Å². The number of nitrogens with zero attached hydrogens (tertiary/aromatic N) is 5. The van der Waals surface area contributed by atoms with Crippen LogP contribution in [0.15, 0.2) is 30.7 Å². The van der Waals surface area contributed by atoms with E-state index in [1.54, 1.807) is 27.9 Å². The van der Waals surface area contributed by atoms with E-state index >= 15 is 0 Å². The van der Waals surface area contributed by atoms with Crippen molar-refractivity contribution in [1.29, 1.82) is 0 Å². The van der Waals surface area contributed by atoms with Crippen LogP contribution in [0.1, 0.15) is 58.7 Å². The Hall–Kier alpha value is -3.16. The van der Waals surface area contributed by atoms with Crippen LogP contribution in [0.3, 0.4) is 0 Å². The summed E-state index contributed by atoms with van der Waals surface area (Å²) in [6, 6.07) is 3.02. The van der Waals surface area contributed by atoms with Gasteiger partial charge in [0.15, 0.2) is 5.82 Å². The summed E-state index contributed by atoms with van der Waals surface area (Å²) in [7, 11) is 0. The van der Waals surface area contributed by atoms with Crippen molar-refractivity contribution in [1.82, 2.24) is 14.4 Å². The van der Waals surface area contributed by atoms with Crippen molar-refractivity contribution in [3.05, 3.63) is 47.8 Å². The monoisotopic (exact) mass is 480 g/mol. The SMILES string of the molecule is CCC(C)CCN(CC(C)(C)C)c1ccnc2c1CCN2C(=O)Nc1cn2cc(C)nc2cc1F. The van der Waals surface area contributed by atoms with Crippen LogP contribution in [0.4, 0.5) is 26.4 Å². The summed E-state index contributed by atoms with van der Waals surface area (Å²) in [5.74, 6) is 0.794. The summed E-state index contributed by atoms with van der Waals surface area (Å²) in [6.45, 7) is 15.5. The Balaban J connectivity index is 1.58. The average molecular weight is 481 g/mol. The van der Waals surface area contributed by atoms with E-state index in [2.05, 4.69) is 60.9 Å². The Bertz CT molecular complexity index is 1210. The molecule has 2 amide bonds. The molecule has 0 aromatic carbocycles. The average Bonchev–Trinajstić information content (AvgIpc) is 3.38. The predicted octanol–water partition coefficient (Wildman–Crippen LogP) is 6.06. The maximum absolute atomic E-state index is 14.7. The fraction of sp³-hybridized carbons (Fsp3) is 0.519. The molecule has 8 heteroatoms. The van der Waals surface area contributed by atoms with E-state index in [0.29, 0.717) is 23.9 Å². The van der Waals surface area contributed by atoms with Crippen molar-refractivity contribution in [2.24, 2.45) is 11.3 Å². The van der Waals surface area contributed by atoms with Gasteiger partial charge in [-0.15, -0.1) is 0 Å². The van der Waals surface area contributed by atoms with Gasteiger partial charge in [-0.3, -0.25) is 4.90 Å². The van der Waals surface area contributed by atoms with Gasteiger partial charge in [-0.1, -0.05) is 41.0 Å². The van der Waals surface area contributed by atoms with Gasteiger partial charge in [-0.05, 0) is 37.2 Å². The number of carbonyl (C=O) groups excluding carboxylic acids is 1. The molecule has 7 nitrogen and oxygen atoms in total. The number of anilines is 3. The highest BCUT2D eigenvalue weighted by atomic mass is 19.1. The maximum atomic E-state index is 14.7. The van der Waals surface area contributed by atoms with Crippen molar-refractivity contribution >= 4 is 28.9 Å². The highest BCUT2D eigenvalue weighted by Crippen LogP contribution is 2.36. The second-order valence-corrected chi connectivity index (χ2v) is 10.9. The summed E-state index contributed by atoms with van der Waals surface area (Å²) in [4.78, 5) is 26.1. The topological polar surface area (TPSA) is 65.8 Å². The summed E-state index contributed by atoms with van der Waals surface area (Å²) in [6.07, 6.45) is 8.13. The van der Waals surface area contributed by atoms with Crippen molar-refractivity contribution in [2.45, 2.75) is 60.8 Å². The lowest BCUT2D eigenvalue weighted by molar-refractivity contribution is 0.257. The number of imidazole rings is 1. The summed E-state index contributed by atoms with van der Waals surface area (Å²) in [5.41, 5.74) is 3.76. The normalized spacial score (nSPS) is 14.3. The van der Waals surface area contributed by atoms with Crippen molar-refractivity contribution in [3.8, 4) is 0 Å². The first kappa shape index (κ1) is 24.9. The van der Waals surface area contributed by atoms with Gasteiger partial charge in [-0.2, -0.15) is 0 Å². The van der Waals surface area contributed by atoms with Gasteiger partial charge in [0.25, 0.3) is 0 Å². The number of nitrogens with one attached hydrogen (secondary N) is 1. The van der Waals surface area contributed by atoms with E-state index in [-0.39, 0.29) is 17.1 Å². The van der Waals surface area contributed by atoms with E-state index in [4.69, 9.17) is 0 Å². The number of amides is 2. The van der Waals surface area contributed by atoms with Gasteiger partial charge in [0.1, 0.15) is 11.5 Å². The third-order valence-corrected chi connectivity index (χ3v) is 6.59. The van der Waals surface area contributed by atoms with Crippen molar-refractivity contribution in [2.75, 3.05) is 34.8 Å². The second kappa shape index (κ2) is 9.84. The molecule has 1 aliphatic rings. The highest BCUT2D eigenvalue weighted by Gasteiger charge is 2.31. The number of fused-ring (bicyclic) bond motifs is 2. The molecule has 0 bridgehead atoms. The molecule has 188 valence electrons. The van der Waals surface area contributed by atoms with E-state index < -0.39 is 5.82 Å². The van der Waals surface area contributed by atoms with Gasteiger partial charge in [0.05, 0.1) is 11.4 Å². The summed E-state index contributed by atoms with van der Waals surface area (Å²) in [5, 5.41) is 2.74. The predicted molar refractivity (Wildman–Crippen MR) is 140 cm³/mol. The fourth-order valence-corrected chi connectivity index (χ4v) is 4.62. The van der Waals surface area contributed by atoms with Gasteiger partial charge in [0.2, 0.25) is 0 Å². The van der Waals surface area contributed by atoms with Crippen LogP contribution in [0.25, 0.3) is 5.65 Å². The zero-order valence-electron chi connectivity index (χ0n) is 21.7. The van der Waals surface area contributed by atoms with Crippen molar-refractivity contribution in [3.63, 3.8) is 0 Å². The van der Waals surface area contributed by atoms with Gasteiger partial charge >= 0.3 is 6.03 Å². The van der Waals surface area contributed by atoms with Crippen LogP contribution < -0.4 is 15.1 Å². The molecule has 0 radical (unpaired) electrons. The Morgan fingerprint density at radius 1 is 1.31 bits per heavy atom. The Morgan fingerprint density at radius 2 is 2.09 bits per heavy atom. The molecule has 1 unspecified atom stereocenters. The second-order valence-electron chi connectivity index (χ2n) is 10.9. The number of aromatic nitrogens is 3. The Labute approximate surface area is 207 Å². The molecule has 3 aromatic rings. The van der Waals surface area contributed by atoms with Crippen LogP contribution in [0, 0.1) is 24.1 Å². The van der Waals surface area contributed by atoms with Crippen LogP contribution in [0.5, 0.6) is 0 Å². The number of hydrogen-bond donors (Lipinski definition) is 1. The first-order chi connectivity index (χ1) is 16.6. The first-order valence-electron chi connectivity index (χ1n) is 12.5. The molecule has 1 atom stereocenters. The standard InChI is InChI=1S/C27H37FN6O/c1-7-18(2)9-12-32(17-27(4,5)6)23-8-11-29-25-20(23)10-13-34(25)26(35)31-22-16-33-15-19(3)30-24(33)14-21(22)28/h8,11,14-16,18H,7,9-10,12-13,17H2,1-6H3,(H,31,35). The first-order valence-corrected chi connectivity index (χ1v) is 12.5. The minimum Gasteiger partial charge on any atom is -0.371 e. The van der Waals surface area contributed by atoms with E-state index in [9.17, 15) is 9.18 Å². The molecule has 0 saturated heterocycles. The maximum Gasteiger partial charge on any atom is 0.327 e. The Kier molecular flexibility index (Phi) is 7.01. The number of hydrogen-bond acceptors (Lipinski definition) is 4. The summed E-state index contributed by atoms with van der Waals surface area (Å²) < 4.78 is 16.4. The Morgan fingerprint density at radius 3 is 2.80 bits per heavy atom. The highest BCUT2D eigenvalue weighted by molar-refractivity contribution is 6.03. The molecule has 0 saturated carbocycles. The van der Waals surface area contributed by atoms with Gasteiger partial charge < -0.3 is 14.6 Å². The van der Waals surface area contributed by atoms with E-state index in [1.165, 1.54) is 6.07 Å².